The Hall–Kier alpha value is -0.870. The predicted molar refractivity (Wildman–Crippen MR) is 88.2 cm³/mol. The van der Waals surface area contributed by atoms with Crippen LogP contribution in [0.1, 0.15) is 49.8 Å². The molecule has 3 nitrogen and oxygen atoms in total. The van der Waals surface area contributed by atoms with Crippen molar-refractivity contribution in [3.8, 4) is 0 Å². The van der Waals surface area contributed by atoms with Crippen LogP contribution >= 0.6 is 0 Å². The van der Waals surface area contributed by atoms with Gasteiger partial charge in [-0.3, -0.25) is 0 Å². The number of sulfone groups is 1. The van der Waals surface area contributed by atoms with Gasteiger partial charge in [0.1, 0.15) is 0 Å². The van der Waals surface area contributed by atoms with Gasteiger partial charge in [0.25, 0.3) is 0 Å². The first-order valence-corrected chi connectivity index (χ1v) is 9.82. The Labute approximate surface area is 129 Å². The lowest BCUT2D eigenvalue weighted by Gasteiger charge is -2.20. The molecule has 0 heterocycles. The van der Waals surface area contributed by atoms with Crippen molar-refractivity contribution in [1.82, 2.24) is 5.32 Å². The fraction of sp³-hybridized carbons (Fsp3) is 0.647. The summed E-state index contributed by atoms with van der Waals surface area (Å²) >= 11 is 0. The highest BCUT2D eigenvalue weighted by atomic mass is 32.2. The van der Waals surface area contributed by atoms with Crippen molar-refractivity contribution >= 4 is 9.84 Å². The van der Waals surface area contributed by atoms with E-state index in [1.807, 2.05) is 38.1 Å². The molecule has 1 aliphatic carbocycles. The highest BCUT2D eigenvalue weighted by Crippen LogP contribution is 2.27. The van der Waals surface area contributed by atoms with Crippen molar-refractivity contribution in [2.24, 2.45) is 5.92 Å². The maximum Gasteiger partial charge on any atom is 0.152 e. The summed E-state index contributed by atoms with van der Waals surface area (Å²) in [6.45, 7) is 4.84. The Morgan fingerprint density at radius 1 is 1.19 bits per heavy atom. The summed E-state index contributed by atoms with van der Waals surface area (Å²) in [5, 5.41) is 3.32. The summed E-state index contributed by atoms with van der Waals surface area (Å²) in [6, 6.07) is 8.07. The Balaban J connectivity index is 2.05. The van der Waals surface area contributed by atoms with Crippen LogP contribution in [0.2, 0.25) is 0 Å². The Kier molecular flexibility index (Phi) is 5.82. The van der Waals surface area contributed by atoms with Crippen LogP contribution < -0.4 is 5.32 Å². The monoisotopic (exact) mass is 309 g/mol. The minimum atomic E-state index is -3.01. The molecule has 0 radical (unpaired) electrons. The number of hydrogen-bond acceptors (Lipinski definition) is 3. The van der Waals surface area contributed by atoms with E-state index in [4.69, 9.17) is 0 Å². The summed E-state index contributed by atoms with van der Waals surface area (Å²) in [7, 11) is -3.01. The lowest BCUT2D eigenvalue weighted by atomic mass is 10.1. The van der Waals surface area contributed by atoms with E-state index in [1.165, 1.54) is 18.4 Å². The van der Waals surface area contributed by atoms with Crippen LogP contribution in [0.15, 0.2) is 24.3 Å². The summed E-state index contributed by atoms with van der Waals surface area (Å²) in [5.74, 6) is 0.955. The topological polar surface area (TPSA) is 46.2 Å². The summed E-state index contributed by atoms with van der Waals surface area (Å²) in [6.07, 6.45) is 4.54. The van der Waals surface area contributed by atoms with Gasteiger partial charge in [0.15, 0.2) is 9.84 Å². The second kappa shape index (κ2) is 7.41. The van der Waals surface area contributed by atoms with Crippen LogP contribution in [0.5, 0.6) is 0 Å². The molecule has 1 saturated carbocycles. The molecule has 2 rings (SSSR count). The number of benzene rings is 1. The van der Waals surface area contributed by atoms with Crippen molar-refractivity contribution in [2.45, 2.75) is 45.6 Å². The quantitative estimate of drug-likeness (QED) is 0.841. The zero-order valence-electron chi connectivity index (χ0n) is 13.1. The number of aryl methyl sites for hydroxylation is 1. The third kappa shape index (κ3) is 5.11. The fourth-order valence-electron chi connectivity index (χ4n) is 3.18. The maximum atomic E-state index is 12.5. The first kappa shape index (κ1) is 16.5. The van der Waals surface area contributed by atoms with Crippen LogP contribution in [0.4, 0.5) is 0 Å². The largest absolute Gasteiger partial charge is 0.309 e. The SMILES string of the molecule is CCNC(CS(=O)(=O)CC1CCCC1)c1ccc(C)cc1. The van der Waals surface area contributed by atoms with Crippen molar-refractivity contribution in [3.63, 3.8) is 0 Å². The normalized spacial score (nSPS) is 18.0. The Morgan fingerprint density at radius 3 is 2.38 bits per heavy atom. The van der Waals surface area contributed by atoms with E-state index in [9.17, 15) is 8.42 Å². The first-order chi connectivity index (χ1) is 10.00. The number of rotatable bonds is 7. The van der Waals surface area contributed by atoms with E-state index in [0.29, 0.717) is 11.7 Å². The van der Waals surface area contributed by atoms with Gasteiger partial charge in [0, 0.05) is 6.04 Å². The predicted octanol–water partition coefficient (Wildman–Crippen LogP) is 3.25. The van der Waals surface area contributed by atoms with Crippen LogP contribution in [0, 0.1) is 12.8 Å². The van der Waals surface area contributed by atoms with Gasteiger partial charge in [0.2, 0.25) is 0 Å². The lowest BCUT2D eigenvalue weighted by molar-refractivity contribution is 0.537. The first-order valence-electron chi connectivity index (χ1n) is 8.00. The minimum Gasteiger partial charge on any atom is -0.309 e. The summed E-state index contributed by atoms with van der Waals surface area (Å²) in [5.41, 5.74) is 2.26. The molecule has 0 saturated heterocycles. The average molecular weight is 309 g/mol. The molecule has 0 spiro atoms. The number of nitrogens with one attached hydrogen (secondary N) is 1. The van der Waals surface area contributed by atoms with Gasteiger partial charge in [-0.2, -0.15) is 0 Å². The molecule has 1 aromatic carbocycles. The Morgan fingerprint density at radius 2 is 1.81 bits per heavy atom. The molecule has 0 amide bonds. The van der Waals surface area contributed by atoms with Crippen LogP contribution in [0.25, 0.3) is 0 Å². The summed E-state index contributed by atoms with van der Waals surface area (Å²) < 4.78 is 24.9. The molecule has 1 N–H and O–H groups in total. The van der Waals surface area contributed by atoms with E-state index >= 15 is 0 Å². The number of hydrogen-bond donors (Lipinski definition) is 1. The molecule has 1 fully saturated rings. The van der Waals surface area contributed by atoms with Crippen LogP contribution in [0.3, 0.4) is 0 Å². The van der Waals surface area contributed by atoms with Gasteiger partial charge < -0.3 is 5.32 Å². The standard InChI is InChI=1S/C17H27NO2S/c1-3-18-17(16-10-8-14(2)9-11-16)13-21(19,20)12-15-6-4-5-7-15/h8-11,15,17-18H,3-7,12-13H2,1-2H3. The zero-order chi connectivity index (χ0) is 15.3. The highest BCUT2D eigenvalue weighted by molar-refractivity contribution is 7.91. The van der Waals surface area contributed by atoms with Crippen LogP contribution in [-0.4, -0.2) is 26.5 Å². The molecule has 1 atom stereocenters. The zero-order valence-corrected chi connectivity index (χ0v) is 14.0. The molecule has 0 bridgehead atoms. The fourth-order valence-corrected chi connectivity index (χ4v) is 5.18. The summed E-state index contributed by atoms with van der Waals surface area (Å²) in [4.78, 5) is 0. The van der Waals surface area contributed by atoms with Crippen LogP contribution in [-0.2, 0) is 9.84 Å². The molecule has 4 heteroatoms. The van der Waals surface area contributed by atoms with Gasteiger partial charge in [-0.05, 0) is 37.8 Å². The molecular formula is C17H27NO2S. The molecule has 1 unspecified atom stereocenters. The Bertz CT molecular complexity index is 530. The smallest absolute Gasteiger partial charge is 0.152 e. The van der Waals surface area contributed by atoms with E-state index in [1.54, 1.807) is 0 Å². The minimum absolute atomic E-state index is 0.0954. The molecular weight excluding hydrogens is 282 g/mol. The van der Waals surface area contributed by atoms with Crippen molar-refractivity contribution in [1.29, 1.82) is 0 Å². The third-order valence-corrected chi connectivity index (χ3v) is 6.14. The lowest BCUT2D eigenvalue weighted by Crippen LogP contribution is -2.30. The molecule has 0 aromatic heterocycles. The van der Waals surface area contributed by atoms with E-state index in [0.717, 1.165) is 24.9 Å². The van der Waals surface area contributed by atoms with Crippen molar-refractivity contribution in [2.75, 3.05) is 18.1 Å². The van der Waals surface area contributed by atoms with E-state index < -0.39 is 9.84 Å². The van der Waals surface area contributed by atoms with Gasteiger partial charge >= 0.3 is 0 Å². The molecule has 21 heavy (non-hydrogen) atoms. The molecule has 0 aliphatic heterocycles. The van der Waals surface area contributed by atoms with E-state index in [-0.39, 0.29) is 11.8 Å². The van der Waals surface area contributed by atoms with Gasteiger partial charge in [-0.1, -0.05) is 49.6 Å². The molecule has 1 aliphatic rings. The van der Waals surface area contributed by atoms with Crippen molar-refractivity contribution < 1.29 is 8.42 Å². The van der Waals surface area contributed by atoms with Crippen molar-refractivity contribution in [3.05, 3.63) is 35.4 Å². The molecule has 118 valence electrons. The average Bonchev–Trinajstić information content (AvgIpc) is 2.91. The van der Waals surface area contributed by atoms with Gasteiger partial charge in [0.05, 0.1) is 11.5 Å². The van der Waals surface area contributed by atoms with E-state index in [2.05, 4.69) is 5.32 Å². The second-order valence-corrected chi connectivity index (χ2v) is 8.40. The molecule has 1 aromatic rings. The third-order valence-electron chi connectivity index (χ3n) is 4.32. The maximum absolute atomic E-state index is 12.5. The van der Waals surface area contributed by atoms with Gasteiger partial charge in [-0.25, -0.2) is 8.42 Å². The highest BCUT2D eigenvalue weighted by Gasteiger charge is 2.25. The second-order valence-electron chi connectivity index (χ2n) is 6.25. The van der Waals surface area contributed by atoms with Gasteiger partial charge in [-0.15, -0.1) is 0 Å².